The van der Waals surface area contributed by atoms with Gasteiger partial charge in [0.1, 0.15) is 0 Å². The third kappa shape index (κ3) is 1.67. The van der Waals surface area contributed by atoms with Crippen molar-refractivity contribution in [1.29, 1.82) is 0 Å². The lowest BCUT2D eigenvalue weighted by molar-refractivity contribution is -0.139. The summed E-state index contributed by atoms with van der Waals surface area (Å²) in [6, 6.07) is 0.600. The molecule has 0 aromatic heterocycles. The van der Waals surface area contributed by atoms with Crippen molar-refractivity contribution in [1.82, 2.24) is 10.2 Å². The molecule has 1 amide bonds. The molecule has 3 heteroatoms. The predicted molar refractivity (Wildman–Crippen MR) is 58.4 cm³/mol. The van der Waals surface area contributed by atoms with Gasteiger partial charge in [-0.2, -0.15) is 0 Å². The quantitative estimate of drug-likeness (QED) is 0.697. The second-order valence-corrected chi connectivity index (χ2v) is 5.31. The lowest BCUT2D eigenvalue weighted by atomic mass is 9.83. The van der Waals surface area contributed by atoms with Crippen LogP contribution < -0.4 is 5.32 Å². The van der Waals surface area contributed by atoms with Crippen LogP contribution in [0.5, 0.6) is 0 Å². The normalized spacial score (nSPS) is 36.1. The van der Waals surface area contributed by atoms with E-state index >= 15 is 0 Å². The standard InChI is InChI=1S/C12H20N2O/c15-12(10-2-1-3-10)14-7-5-9-4-6-13-11(9)8-14/h9-11,13H,1-8H2/t9-,11+/m1/s1. The molecule has 2 aliphatic heterocycles. The molecule has 1 aliphatic carbocycles. The van der Waals surface area contributed by atoms with Gasteiger partial charge in [-0.25, -0.2) is 0 Å². The van der Waals surface area contributed by atoms with E-state index in [2.05, 4.69) is 10.2 Å². The predicted octanol–water partition coefficient (Wildman–Crippen LogP) is 0.997. The first-order chi connectivity index (χ1) is 7.34. The van der Waals surface area contributed by atoms with Crippen LogP contribution in [0.15, 0.2) is 0 Å². The first-order valence-corrected chi connectivity index (χ1v) is 6.37. The van der Waals surface area contributed by atoms with Gasteiger partial charge in [0.15, 0.2) is 0 Å². The molecule has 0 bridgehead atoms. The van der Waals surface area contributed by atoms with Crippen molar-refractivity contribution in [2.75, 3.05) is 19.6 Å². The lowest BCUT2D eigenvalue weighted by Gasteiger charge is -2.38. The van der Waals surface area contributed by atoms with E-state index in [1.807, 2.05) is 0 Å². The Morgan fingerprint density at radius 2 is 2.07 bits per heavy atom. The van der Waals surface area contributed by atoms with Crippen molar-refractivity contribution in [3.05, 3.63) is 0 Å². The average molecular weight is 208 g/mol. The fraction of sp³-hybridized carbons (Fsp3) is 0.917. The highest BCUT2D eigenvalue weighted by molar-refractivity contribution is 5.79. The van der Waals surface area contributed by atoms with Gasteiger partial charge in [0.05, 0.1) is 0 Å². The molecular formula is C12H20N2O. The van der Waals surface area contributed by atoms with Gasteiger partial charge in [-0.05, 0) is 38.1 Å². The first-order valence-electron chi connectivity index (χ1n) is 6.37. The van der Waals surface area contributed by atoms with Crippen molar-refractivity contribution in [3.8, 4) is 0 Å². The van der Waals surface area contributed by atoms with E-state index in [0.717, 1.165) is 38.4 Å². The van der Waals surface area contributed by atoms with Crippen molar-refractivity contribution in [2.45, 2.75) is 38.1 Å². The number of nitrogens with zero attached hydrogens (tertiary/aromatic N) is 1. The van der Waals surface area contributed by atoms with Crippen molar-refractivity contribution < 1.29 is 4.79 Å². The summed E-state index contributed by atoms with van der Waals surface area (Å²) in [6.07, 6.45) is 6.06. The molecule has 2 heterocycles. The first kappa shape index (κ1) is 9.64. The zero-order chi connectivity index (χ0) is 10.3. The van der Waals surface area contributed by atoms with Gasteiger partial charge in [-0.1, -0.05) is 6.42 Å². The van der Waals surface area contributed by atoms with Crippen LogP contribution in [0, 0.1) is 11.8 Å². The molecule has 0 aromatic carbocycles. The lowest BCUT2D eigenvalue weighted by Crippen LogP contribution is -2.51. The highest BCUT2D eigenvalue weighted by atomic mass is 16.2. The molecule has 1 N–H and O–H groups in total. The summed E-state index contributed by atoms with van der Waals surface area (Å²) in [7, 11) is 0. The molecule has 0 radical (unpaired) electrons. The van der Waals surface area contributed by atoms with E-state index in [4.69, 9.17) is 0 Å². The monoisotopic (exact) mass is 208 g/mol. The van der Waals surface area contributed by atoms with Gasteiger partial charge in [-0.15, -0.1) is 0 Å². The van der Waals surface area contributed by atoms with Gasteiger partial charge in [-0.3, -0.25) is 4.79 Å². The summed E-state index contributed by atoms with van der Waals surface area (Å²) in [6.45, 7) is 3.14. The minimum Gasteiger partial charge on any atom is -0.341 e. The van der Waals surface area contributed by atoms with Crippen molar-refractivity contribution in [2.24, 2.45) is 11.8 Å². The van der Waals surface area contributed by atoms with Crippen LogP contribution in [0.1, 0.15) is 32.1 Å². The van der Waals surface area contributed by atoms with Gasteiger partial charge < -0.3 is 10.2 Å². The Bertz CT molecular complexity index is 262. The number of amides is 1. The number of hydrogen-bond donors (Lipinski definition) is 1. The van der Waals surface area contributed by atoms with Crippen LogP contribution in [-0.4, -0.2) is 36.5 Å². The van der Waals surface area contributed by atoms with Gasteiger partial charge in [0.2, 0.25) is 5.91 Å². The zero-order valence-electron chi connectivity index (χ0n) is 9.24. The van der Waals surface area contributed by atoms with Gasteiger partial charge >= 0.3 is 0 Å². The summed E-state index contributed by atoms with van der Waals surface area (Å²) >= 11 is 0. The molecule has 0 spiro atoms. The topological polar surface area (TPSA) is 32.3 Å². The molecule has 15 heavy (non-hydrogen) atoms. The summed E-state index contributed by atoms with van der Waals surface area (Å²) in [4.78, 5) is 14.2. The van der Waals surface area contributed by atoms with Crippen LogP contribution in [0.2, 0.25) is 0 Å². The number of piperidine rings is 1. The van der Waals surface area contributed by atoms with Crippen LogP contribution in [0.4, 0.5) is 0 Å². The number of carbonyl (C=O) groups excluding carboxylic acids is 1. The summed E-state index contributed by atoms with van der Waals surface area (Å²) in [5.74, 6) is 1.66. The zero-order valence-corrected chi connectivity index (χ0v) is 9.24. The summed E-state index contributed by atoms with van der Waals surface area (Å²) < 4.78 is 0. The van der Waals surface area contributed by atoms with Crippen LogP contribution in [0.3, 0.4) is 0 Å². The SMILES string of the molecule is O=C(C1CCC1)N1CC[C@H]2CCN[C@H]2C1. The van der Waals surface area contributed by atoms with Gasteiger partial charge in [0.25, 0.3) is 0 Å². The van der Waals surface area contributed by atoms with Crippen LogP contribution in [-0.2, 0) is 4.79 Å². The average Bonchev–Trinajstić information content (AvgIpc) is 2.61. The maximum absolute atomic E-state index is 12.1. The fourth-order valence-corrected chi connectivity index (χ4v) is 3.15. The summed E-state index contributed by atoms with van der Waals surface area (Å²) in [5, 5.41) is 3.52. The third-order valence-corrected chi connectivity index (χ3v) is 4.44. The van der Waals surface area contributed by atoms with Crippen LogP contribution in [0.25, 0.3) is 0 Å². The maximum atomic E-state index is 12.1. The Hall–Kier alpha value is -0.570. The minimum atomic E-state index is 0.378. The Labute approximate surface area is 91.2 Å². The van der Waals surface area contributed by atoms with E-state index in [9.17, 15) is 4.79 Å². The van der Waals surface area contributed by atoms with E-state index < -0.39 is 0 Å². The highest BCUT2D eigenvalue weighted by Gasteiger charge is 2.37. The molecule has 1 saturated carbocycles. The number of likely N-dealkylation sites (tertiary alicyclic amines) is 1. The van der Waals surface area contributed by atoms with Crippen molar-refractivity contribution >= 4 is 5.91 Å². The molecule has 2 saturated heterocycles. The highest BCUT2D eigenvalue weighted by Crippen LogP contribution is 2.31. The van der Waals surface area contributed by atoms with E-state index in [1.165, 1.54) is 19.3 Å². The second-order valence-electron chi connectivity index (χ2n) is 5.31. The third-order valence-electron chi connectivity index (χ3n) is 4.44. The molecule has 3 nitrogen and oxygen atoms in total. The minimum absolute atomic E-state index is 0.378. The van der Waals surface area contributed by atoms with E-state index in [1.54, 1.807) is 0 Å². The van der Waals surface area contributed by atoms with Gasteiger partial charge in [0, 0.05) is 25.0 Å². The van der Waals surface area contributed by atoms with E-state index in [-0.39, 0.29) is 0 Å². The Morgan fingerprint density at radius 1 is 1.20 bits per heavy atom. The Balaban J connectivity index is 1.60. The Kier molecular flexibility index (Phi) is 2.43. The molecule has 84 valence electrons. The molecular weight excluding hydrogens is 188 g/mol. The number of fused-ring (bicyclic) bond motifs is 1. The molecule has 0 unspecified atom stereocenters. The number of carbonyl (C=O) groups is 1. The molecule has 3 fully saturated rings. The van der Waals surface area contributed by atoms with E-state index in [0.29, 0.717) is 17.9 Å². The molecule has 3 rings (SSSR count). The number of hydrogen-bond acceptors (Lipinski definition) is 2. The largest absolute Gasteiger partial charge is 0.341 e. The molecule has 2 atom stereocenters. The second kappa shape index (κ2) is 3.78. The van der Waals surface area contributed by atoms with Crippen molar-refractivity contribution in [3.63, 3.8) is 0 Å². The van der Waals surface area contributed by atoms with Crippen LogP contribution >= 0.6 is 0 Å². The fourth-order valence-electron chi connectivity index (χ4n) is 3.15. The smallest absolute Gasteiger partial charge is 0.225 e. The number of rotatable bonds is 1. The number of nitrogens with one attached hydrogen (secondary N) is 1. The molecule has 0 aromatic rings. The molecule has 3 aliphatic rings. The maximum Gasteiger partial charge on any atom is 0.225 e. The summed E-state index contributed by atoms with van der Waals surface area (Å²) in [5.41, 5.74) is 0. The Morgan fingerprint density at radius 3 is 2.80 bits per heavy atom.